The summed E-state index contributed by atoms with van der Waals surface area (Å²) in [5, 5.41) is 5.86. The van der Waals surface area contributed by atoms with Gasteiger partial charge in [-0.25, -0.2) is 9.37 Å². The third-order valence-corrected chi connectivity index (χ3v) is 3.82. The van der Waals surface area contributed by atoms with E-state index >= 15 is 0 Å². The van der Waals surface area contributed by atoms with E-state index in [1.807, 2.05) is 24.3 Å². The van der Waals surface area contributed by atoms with Gasteiger partial charge in [0.15, 0.2) is 6.61 Å². The van der Waals surface area contributed by atoms with E-state index in [1.165, 1.54) is 6.07 Å². The molecule has 1 aromatic heterocycles. The lowest BCUT2D eigenvalue weighted by atomic mass is 10.1. The van der Waals surface area contributed by atoms with Crippen molar-refractivity contribution in [1.82, 2.24) is 4.98 Å². The molecule has 0 spiro atoms. The van der Waals surface area contributed by atoms with E-state index in [-0.39, 0.29) is 18.3 Å². The highest BCUT2D eigenvalue weighted by Crippen LogP contribution is 2.12. The van der Waals surface area contributed by atoms with Crippen LogP contribution in [0.3, 0.4) is 0 Å². The molecule has 0 saturated heterocycles. The molecule has 0 fully saturated rings. The van der Waals surface area contributed by atoms with Crippen molar-refractivity contribution >= 4 is 17.4 Å². The number of para-hydroxylation sites is 1. The molecule has 0 saturated carbocycles. The molecular formula is C21H20FN3O2. The molecule has 0 aliphatic carbocycles. The van der Waals surface area contributed by atoms with Crippen LogP contribution in [0.4, 0.5) is 15.9 Å². The van der Waals surface area contributed by atoms with E-state index in [0.29, 0.717) is 35.8 Å². The van der Waals surface area contributed by atoms with Crippen molar-refractivity contribution in [3.05, 3.63) is 84.3 Å². The van der Waals surface area contributed by atoms with Crippen LogP contribution in [0.15, 0.2) is 72.9 Å². The predicted molar refractivity (Wildman–Crippen MR) is 103 cm³/mol. The van der Waals surface area contributed by atoms with Crippen LogP contribution in [0.5, 0.6) is 5.75 Å². The molecule has 0 aliphatic rings. The summed E-state index contributed by atoms with van der Waals surface area (Å²) in [6, 6.07) is 19.4. The number of nitrogens with zero attached hydrogens (tertiary/aromatic N) is 1. The molecule has 138 valence electrons. The van der Waals surface area contributed by atoms with Crippen LogP contribution in [0.2, 0.25) is 0 Å². The maximum atomic E-state index is 13.6. The van der Waals surface area contributed by atoms with Gasteiger partial charge in [-0.1, -0.05) is 36.4 Å². The van der Waals surface area contributed by atoms with Crippen LogP contribution in [0.1, 0.15) is 5.56 Å². The van der Waals surface area contributed by atoms with Crippen molar-refractivity contribution in [2.45, 2.75) is 6.42 Å². The topological polar surface area (TPSA) is 63.2 Å². The Kier molecular flexibility index (Phi) is 6.35. The van der Waals surface area contributed by atoms with E-state index in [0.717, 1.165) is 0 Å². The van der Waals surface area contributed by atoms with E-state index < -0.39 is 0 Å². The van der Waals surface area contributed by atoms with Crippen LogP contribution in [-0.4, -0.2) is 24.0 Å². The van der Waals surface area contributed by atoms with Crippen LogP contribution >= 0.6 is 0 Å². The fourth-order valence-corrected chi connectivity index (χ4v) is 2.46. The Morgan fingerprint density at radius 2 is 1.78 bits per heavy atom. The van der Waals surface area contributed by atoms with E-state index in [1.54, 1.807) is 42.6 Å². The minimum atomic E-state index is -0.263. The molecule has 0 unspecified atom stereocenters. The van der Waals surface area contributed by atoms with Gasteiger partial charge in [0.25, 0.3) is 5.91 Å². The van der Waals surface area contributed by atoms with Gasteiger partial charge in [0.2, 0.25) is 0 Å². The summed E-state index contributed by atoms with van der Waals surface area (Å²) in [7, 11) is 0. The zero-order valence-electron chi connectivity index (χ0n) is 14.7. The smallest absolute Gasteiger partial charge is 0.262 e. The minimum Gasteiger partial charge on any atom is -0.484 e. The molecule has 2 N–H and O–H groups in total. The van der Waals surface area contributed by atoms with Crippen molar-refractivity contribution in [2.24, 2.45) is 0 Å². The van der Waals surface area contributed by atoms with E-state index in [4.69, 9.17) is 4.74 Å². The van der Waals surface area contributed by atoms with Gasteiger partial charge in [0.05, 0.1) is 11.9 Å². The molecule has 1 amide bonds. The van der Waals surface area contributed by atoms with Gasteiger partial charge >= 0.3 is 0 Å². The van der Waals surface area contributed by atoms with E-state index in [9.17, 15) is 9.18 Å². The number of halogens is 1. The molecule has 27 heavy (non-hydrogen) atoms. The fraction of sp³-hybridized carbons (Fsp3) is 0.143. The number of amides is 1. The molecule has 5 nitrogen and oxygen atoms in total. The molecule has 6 heteroatoms. The summed E-state index contributed by atoms with van der Waals surface area (Å²) in [4.78, 5) is 16.2. The predicted octanol–water partition coefficient (Wildman–Crippen LogP) is 3.89. The molecule has 0 bridgehead atoms. The molecular weight excluding hydrogens is 345 g/mol. The molecule has 0 aliphatic heterocycles. The van der Waals surface area contributed by atoms with Gasteiger partial charge in [-0.15, -0.1) is 0 Å². The third kappa shape index (κ3) is 5.81. The Hall–Kier alpha value is -3.41. The zero-order chi connectivity index (χ0) is 18.9. The lowest BCUT2D eigenvalue weighted by molar-refractivity contribution is -0.118. The maximum absolute atomic E-state index is 13.6. The van der Waals surface area contributed by atoms with Crippen molar-refractivity contribution in [1.29, 1.82) is 0 Å². The molecule has 1 heterocycles. The van der Waals surface area contributed by atoms with Gasteiger partial charge in [-0.3, -0.25) is 4.79 Å². The van der Waals surface area contributed by atoms with E-state index in [2.05, 4.69) is 15.6 Å². The summed E-state index contributed by atoms with van der Waals surface area (Å²) in [6.45, 7) is 0.483. The lowest BCUT2D eigenvalue weighted by Gasteiger charge is -2.09. The average molecular weight is 365 g/mol. The second-order valence-corrected chi connectivity index (χ2v) is 5.85. The number of ether oxygens (including phenoxy) is 1. The lowest BCUT2D eigenvalue weighted by Crippen LogP contribution is -2.20. The highest BCUT2D eigenvalue weighted by atomic mass is 19.1. The van der Waals surface area contributed by atoms with Crippen LogP contribution in [0, 0.1) is 5.82 Å². The van der Waals surface area contributed by atoms with Crippen LogP contribution in [-0.2, 0) is 11.2 Å². The first-order valence-electron chi connectivity index (χ1n) is 8.62. The number of pyridine rings is 1. The number of anilines is 2. The number of rotatable bonds is 8. The van der Waals surface area contributed by atoms with Crippen LogP contribution in [0.25, 0.3) is 0 Å². The largest absolute Gasteiger partial charge is 0.484 e. The molecule has 0 radical (unpaired) electrons. The number of benzene rings is 2. The number of hydrogen-bond donors (Lipinski definition) is 2. The quantitative estimate of drug-likeness (QED) is 0.636. The second kappa shape index (κ2) is 9.33. The van der Waals surface area contributed by atoms with Crippen molar-refractivity contribution in [2.75, 3.05) is 23.8 Å². The van der Waals surface area contributed by atoms with Crippen molar-refractivity contribution in [3.8, 4) is 5.75 Å². The summed E-state index contributed by atoms with van der Waals surface area (Å²) in [5.41, 5.74) is 1.24. The molecule has 3 aromatic rings. The second-order valence-electron chi connectivity index (χ2n) is 5.85. The Balaban J connectivity index is 1.43. The summed E-state index contributed by atoms with van der Waals surface area (Å²) in [6.07, 6.45) is 2.12. The van der Waals surface area contributed by atoms with Crippen molar-refractivity contribution in [3.63, 3.8) is 0 Å². The Morgan fingerprint density at radius 1 is 1.00 bits per heavy atom. The Morgan fingerprint density at radius 3 is 2.52 bits per heavy atom. The third-order valence-electron chi connectivity index (χ3n) is 3.82. The number of aromatic nitrogens is 1. The first kappa shape index (κ1) is 18.4. The summed E-state index contributed by atoms with van der Waals surface area (Å²) >= 11 is 0. The van der Waals surface area contributed by atoms with Gasteiger partial charge in [0.1, 0.15) is 17.4 Å². The SMILES string of the molecule is O=C(COc1ccccc1)Nc1ccc(NCCc2ccccc2F)nc1. The number of carbonyl (C=O) groups excluding carboxylic acids is 1. The minimum absolute atomic E-state index is 0.0767. The standard InChI is InChI=1S/C21H20FN3O2/c22-19-9-5-4-6-16(19)12-13-23-20-11-10-17(14-24-20)25-21(26)15-27-18-7-2-1-3-8-18/h1-11,14H,12-13,15H2,(H,23,24)(H,25,26). The zero-order valence-corrected chi connectivity index (χ0v) is 14.7. The fourth-order valence-electron chi connectivity index (χ4n) is 2.46. The highest BCUT2D eigenvalue weighted by Gasteiger charge is 2.05. The maximum Gasteiger partial charge on any atom is 0.262 e. The van der Waals surface area contributed by atoms with Crippen molar-refractivity contribution < 1.29 is 13.9 Å². The monoisotopic (exact) mass is 365 g/mol. The first-order valence-corrected chi connectivity index (χ1v) is 8.62. The average Bonchev–Trinajstić information content (AvgIpc) is 2.70. The molecule has 3 rings (SSSR count). The highest BCUT2D eigenvalue weighted by molar-refractivity contribution is 5.91. The molecule has 0 atom stereocenters. The number of hydrogen-bond acceptors (Lipinski definition) is 4. The van der Waals surface area contributed by atoms with Gasteiger partial charge in [0, 0.05) is 6.54 Å². The summed E-state index contributed by atoms with van der Waals surface area (Å²) in [5.74, 6) is 0.828. The van der Waals surface area contributed by atoms with Crippen LogP contribution < -0.4 is 15.4 Å². The first-order chi connectivity index (χ1) is 13.2. The van der Waals surface area contributed by atoms with Gasteiger partial charge in [-0.05, 0) is 42.3 Å². The van der Waals surface area contributed by atoms with Gasteiger partial charge in [-0.2, -0.15) is 0 Å². The summed E-state index contributed by atoms with van der Waals surface area (Å²) < 4.78 is 19.0. The molecule has 2 aromatic carbocycles. The van der Waals surface area contributed by atoms with Gasteiger partial charge < -0.3 is 15.4 Å². The Bertz CT molecular complexity index is 870. The number of carbonyl (C=O) groups is 1. The normalized spacial score (nSPS) is 10.3. The Labute approximate surface area is 157 Å². The number of nitrogens with one attached hydrogen (secondary N) is 2.